The number of nitrogens with zero attached hydrogens (tertiary/aromatic N) is 3. The maximum absolute atomic E-state index is 6.17. The van der Waals surface area contributed by atoms with Crippen molar-refractivity contribution in [2.75, 3.05) is 0 Å². The summed E-state index contributed by atoms with van der Waals surface area (Å²) in [4.78, 5) is 11.8. The van der Waals surface area contributed by atoms with Crippen LogP contribution in [0.1, 0.15) is 0 Å². The van der Waals surface area contributed by atoms with E-state index in [2.05, 4.69) is 120 Å². The summed E-state index contributed by atoms with van der Waals surface area (Å²) in [5.74, 6) is 0.824. The van der Waals surface area contributed by atoms with Crippen molar-refractivity contribution in [3.63, 3.8) is 0 Å². The minimum atomic E-state index is 0.824. The van der Waals surface area contributed by atoms with E-state index in [0.717, 1.165) is 65.8 Å². The molecule has 6 aromatic carbocycles. The third kappa shape index (κ3) is 3.25. The second kappa shape index (κ2) is 8.51. The van der Waals surface area contributed by atoms with Gasteiger partial charge in [-0.3, -0.25) is 4.57 Å². The van der Waals surface area contributed by atoms with Crippen LogP contribution in [0, 0.1) is 0 Å². The van der Waals surface area contributed by atoms with E-state index in [9.17, 15) is 0 Å². The van der Waals surface area contributed by atoms with Gasteiger partial charge in [-0.25, -0.2) is 9.97 Å². The highest BCUT2D eigenvalue weighted by Crippen LogP contribution is 2.41. The SMILES string of the molecule is c1ccc2cc3c(cc2c1)c1ccccc1n3-c1nc2c(nc1-c1ccc3oc4ccccc4c3c1)sc1ccccc12. The summed E-state index contributed by atoms with van der Waals surface area (Å²) >= 11 is 1.69. The van der Waals surface area contributed by atoms with Crippen LogP contribution in [0.3, 0.4) is 0 Å². The fourth-order valence-corrected chi connectivity index (χ4v) is 7.64. The standard InChI is InChI=1S/C38H21N3OS/c1-2-10-23-21-31-28(19-22(23)9-1)25-11-3-6-14-30(25)41(31)37-35(40-38-36(39-37)27-13-5-8-16-34(27)43-38)24-17-18-33-29(20-24)26-12-4-7-15-32(26)42-33/h1-21H. The fraction of sp³-hybridized carbons (Fsp3) is 0. The van der Waals surface area contributed by atoms with Gasteiger partial charge in [-0.1, -0.05) is 78.9 Å². The van der Waals surface area contributed by atoms with Crippen molar-refractivity contribution in [3.8, 4) is 17.1 Å². The lowest BCUT2D eigenvalue weighted by molar-refractivity contribution is 0.669. The second-order valence-electron chi connectivity index (χ2n) is 11.0. The zero-order valence-corrected chi connectivity index (χ0v) is 23.6. The molecule has 0 radical (unpaired) electrons. The van der Waals surface area contributed by atoms with Crippen LogP contribution < -0.4 is 0 Å². The Balaban J connectivity index is 1.37. The van der Waals surface area contributed by atoms with Gasteiger partial charge in [0.1, 0.15) is 27.2 Å². The highest BCUT2D eigenvalue weighted by Gasteiger charge is 2.22. The normalized spacial score (nSPS) is 12.2. The molecule has 0 spiro atoms. The number of rotatable bonds is 2. The lowest BCUT2D eigenvalue weighted by atomic mass is 10.1. The molecule has 0 bridgehead atoms. The third-order valence-electron chi connectivity index (χ3n) is 8.60. The number of furan rings is 1. The summed E-state index contributed by atoms with van der Waals surface area (Å²) < 4.78 is 9.67. The zero-order chi connectivity index (χ0) is 28.1. The van der Waals surface area contributed by atoms with E-state index in [4.69, 9.17) is 14.4 Å². The van der Waals surface area contributed by atoms with Gasteiger partial charge < -0.3 is 4.42 Å². The lowest BCUT2D eigenvalue weighted by Gasteiger charge is -2.13. The summed E-state index contributed by atoms with van der Waals surface area (Å²) in [5, 5.41) is 8.12. The highest BCUT2D eigenvalue weighted by molar-refractivity contribution is 7.25. The van der Waals surface area contributed by atoms with E-state index in [1.54, 1.807) is 11.3 Å². The van der Waals surface area contributed by atoms with Crippen LogP contribution in [0.2, 0.25) is 0 Å². The van der Waals surface area contributed by atoms with Gasteiger partial charge in [0.25, 0.3) is 0 Å². The molecule has 0 saturated heterocycles. The lowest BCUT2D eigenvalue weighted by Crippen LogP contribution is -2.03. The Labute approximate surface area is 249 Å². The first kappa shape index (κ1) is 23.1. The Bertz CT molecular complexity index is 2750. The molecule has 4 aromatic heterocycles. The van der Waals surface area contributed by atoms with E-state index < -0.39 is 0 Å². The van der Waals surface area contributed by atoms with Crippen LogP contribution in [0.15, 0.2) is 132 Å². The molecular weight excluding hydrogens is 547 g/mol. The fourth-order valence-electron chi connectivity index (χ4n) is 6.62. The van der Waals surface area contributed by atoms with E-state index in [1.807, 2.05) is 12.1 Å². The molecule has 43 heavy (non-hydrogen) atoms. The molecule has 0 aliphatic rings. The first-order valence-electron chi connectivity index (χ1n) is 14.3. The van der Waals surface area contributed by atoms with Gasteiger partial charge in [-0.05, 0) is 59.3 Å². The van der Waals surface area contributed by atoms with Gasteiger partial charge in [0.2, 0.25) is 0 Å². The highest BCUT2D eigenvalue weighted by atomic mass is 32.1. The molecular formula is C38H21N3OS. The minimum Gasteiger partial charge on any atom is -0.456 e. The Morgan fingerprint density at radius 1 is 0.535 bits per heavy atom. The van der Waals surface area contributed by atoms with Crippen molar-refractivity contribution in [3.05, 3.63) is 127 Å². The number of fused-ring (bicyclic) bond motifs is 10. The molecule has 0 saturated carbocycles. The molecule has 0 atom stereocenters. The number of hydrogen-bond acceptors (Lipinski definition) is 4. The van der Waals surface area contributed by atoms with Crippen LogP contribution in [-0.4, -0.2) is 14.5 Å². The van der Waals surface area contributed by atoms with Crippen LogP contribution in [0.5, 0.6) is 0 Å². The van der Waals surface area contributed by atoms with Gasteiger partial charge >= 0.3 is 0 Å². The van der Waals surface area contributed by atoms with Crippen molar-refractivity contribution < 1.29 is 4.42 Å². The molecule has 0 fully saturated rings. The van der Waals surface area contributed by atoms with Gasteiger partial charge in [-0.2, -0.15) is 0 Å². The number of benzene rings is 6. The number of thiophene rings is 1. The van der Waals surface area contributed by atoms with E-state index in [0.29, 0.717) is 0 Å². The van der Waals surface area contributed by atoms with Crippen LogP contribution in [-0.2, 0) is 0 Å². The molecule has 0 aliphatic carbocycles. The molecule has 0 unspecified atom stereocenters. The van der Waals surface area contributed by atoms with Crippen molar-refractivity contribution in [1.29, 1.82) is 0 Å². The van der Waals surface area contributed by atoms with Gasteiger partial charge in [-0.15, -0.1) is 11.3 Å². The first-order valence-corrected chi connectivity index (χ1v) is 15.2. The summed E-state index contributed by atoms with van der Waals surface area (Å²) in [7, 11) is 0. The Morgan fingerprint density at radius 2 is 1.26 bits per heavy atom. The first-order chi connectivity index (χ1) is 21.3. The van der Waals surface area contributed by atoms with E-state index >= 15 is 0 Å². The van der Waals surface area contributed by atoms with Crippen LogP contribution >= 0.6 is 11.3 Å². The third-order valence-corrected chi connectivity index (χ3v) is 9.65. The van der Waals surface area contributed by atoms with Gasteiger partial charge in [0, 0.05) is 37.2 Å². The Hall–Kier alpha value is -5.52. The molecule has 10 aromatic rings. The van der Waals surface area contributed by atoms with E-state index in [1.165, 1.54) is 26.2 Å². The molecule has 200 valence electrons. The van der Waals surface area contributed by atoms with Crippen LogP contribution in [0.25, 0.3) is 92.0 Å². The molecule has 0 N–H and O–H groups in total. The zero-order valence-electron chi connectivity index (χ0n) is 22.8. The summed E-state index contributed by atoms with van der Waals surface area (Å²) in [5.41, 5.74) is 6.76. The van der Waals surface area contributed by atoms with Crippen molar-refractivity contribution in [1.82, 2.24) is 14.5 Å². The quantitative estimate of drug-likeness (QED) is 0.209. The predicted octanol–water partition coefficient (Wildman–Crippen LogP) is 10.7. The molecule has 0 aliphatic heterocycles. The maximum atomic E-state index is 6.17. The summed E-state index contributed by atoms with van der Waals surface area (Å²) in [6, 6.07) is 44.8. The number of hydrogen-bond donors (Lipinski definition) is 0. The maximum Gasteiger partial charge on any atom is 0.165 e. The molecule has 0 amide bonds. The topological polar surface area (TPSA) is 43.9 Å². The summed E-state index contributed by atoms with van der Waals surface area (Å²) in [6.07, 6.45) is 0. The minimum absolute atomic E-state index is 0.824. The molecule has 10 rings (SSSR count). The van der Waals surface area contributed by atoms with E-state index in [-0.39, 0.29) is 0 Å². The van der Waals surface area contributed by atoms with Crippen LogP contribution in [0.4, 0.5) is 0 Å². The average molecular weight is 568 g/mol. The number of para-hydroxylation sites is 2. The molecule has 4 nitrogen and oxygen atoms in total. The molecule has 4 heterocycles. The average Bonchev–Trinajstić information content (AvgIpc) is 3.71. The largest absolute Gasteiger partial charge is 0.456 e. The second-order valence-corrected chi connectivity index (χ2v) is 12.1. The monoisotopic (exact) mass is 567 g/mol. The number of aromatic nitrogens is 3. The van der Waals surface area contributed by atoms with Gasteiger partial charge in [0.15, 0.2) is 5.82 Å². The molecule has 5 heteroatoms. The Morgan fingerprint density at radius 3 is 2.16 bits per heavy atom. The predicted molar refractivity (Wildman–Crippen MR) is 179 cm³/mol. The van der Waals surface area contributed by atoms with Gasteiger partial charge in [0.05, 0.1) is 11.0 Å². The smallest absolute Gasteiger partial charge is 0.165 e. The Kier molecular flexibility index (Phi) is 4.57. The summed E-state index contributed by atoms with van der Waals surface area (Å²) in [6.45, 7) is 0. The van der Waals surface area contributed by atoms with Crippen molar-refractivity contribution in [2.45, 2.75) is 0 Å². The van der Waals surface area contributed by atoms with Crippen molar-refractivity contribution >= 4 is 86.3 Å². The van der Waals surface area contributed by atoms with Crippen molar-refractivity contribution in [2.24, 2.45) is 0 Å².